The minimum absolute atomic E-state index is 0.0488. The van der Waals surface area contributed by atoms with Gasteiger partial charge in [0.2, 0.25) is 0 Å². The molecule has 2 unspecified atom stereocenters. The van der Waals surface area contributed by atoms with E-state index in [0.29, 0.717) is 5.92 Å². The van der Waals surface area contributed by atoms with E-state index in [1.165, 1.54) is 37.0 Å². The van der Waals surface area contributed by atoms with Crippen molar-refractivity contribution in [2.75, 3.05) is 13.6 Å². The second kappa shape index (κ2) is 6.07. The van der Waals surface area contributed by atoms with E-state index in [0.717, 1.165) is 31.8 Å². The molecule has 3 nitrogen and oxygen atoms in total. The highest BCUT2D eigenvalue weighted by Gasteiger charge is 2.38. The summed E-state index contributed by atoms with van der Waals surface area (Å²) in [6, 6.07) is 3.35. The van der Waals surface area contributed by atoms with Gasteiger partial charge in [-0.25, -0.2) is 0 Å². The molecule has 6 heteroatoms. The zero-order chi connectivity index (χ0) is 14.3. The minimum Gasteiger partial charge on any atom is -0.351 e. The molecule has 2 atom stereocenters. The predicted molar refractivity (Wildman–Crippen MR) is 89.3 cm³/mol. The van der Waals surface area contributed by atoms with Gasteiger partial charge >= 0.3 is 0 Å². The first-order valence-electron chi connectivity index (χ1n) is 6.99. The summed E-state index contributed by atoms with van der Waals surface area (Å²) in [5, 5.41) is 3.10. The highest BCUT2D eigenvalue weighted by molar-refractivity contribution is 9.13. The van der Waals surface area contributed by atoms with Gasteiger partial charge in [-0.3, -0.25) is 4.79 Å². The maximum absolute atomic E-state index is 12.1. The van der Waals surface area contributed by atoms with E-state index in [4.69, 9.17) is 0 Å². The summed E-state index contributed by atoms with van der Waals surface area (Å²) in [6.45, 7) is 0.812. The maximum Gasteiger partial charge on any atom is 0.261 e. The molecule has 3 heterocycles. The Morgan fingerprint density at radius 3 is 2.60 bits per heavy atom. The van der Waals surface area contributed by atoms with Crippen LogP contribution in [0.5, 0.6) is 0 Å². The summed E-state index contributed by atoms with van der Waals surface area (Å²) >= 11 is 8.32. The van der Waals surface area contributed by atoms with E-state index in [9.17, 15) is 4.79 Å². The van der Waals surface area contributed by atoms with Crippen LogP contribution in [0.2, 0.25) is 0 Å². The number of carbonyl (C=O) groups is 1. The van der Waals surface area contributed by atoms with Crippen molar-refractivity contribution in [2.45, 2.75) is 37.8 Å². The Morgan fingerprint density at radius 1 is 1.40 bits per heavy atom. The van der Waals surface area contributed by atoms with Crippen LogP contribution in [0.3, 0.4) is 0 Å². The Morgan fingerprint density at radius 2 is 2.05 bits per heavy atom. The number of nitrogens with zero attached hydrogens (tertiary/aromatic N) is 1. The largest absolute Gasteiger partial charge is 0.351 e. The van der Waals surface area contributed by atoms with E-state index >= 15 is 0 Å². The Balaban J connectivity index is 1.54. The SMILES string of the molecule is CN1C2CCC1CC(CNC(=O)c1cc(Br)c(Br)s1)C2. The summed E-state index contributed by atoms with van der Waals surface area (Å²) in [6.07, 6.45) is 5.11. The highest BCUT2D eigenvalue weighted by Crippen LogP contribution is 2.37. The minimum atomic E-state index is 0.0488. The van der Waals surface area contributed by atoms with Crippen LogP contribution in [0.25, 0.3) is 0 Å². The third-order valence-corrected chi connectivity index (χ3v) is 7.87. The van der Waals surface area contributed by atoms with E-state index in [2.05, 4.69) is 49.1 Å². The quantitative estimate of drug-likeness (QED) is 0.803. The van der Waals surface area contributed by atoms with Crippen LogP contribution in [0, 0.1) is 5.92 Å². The van der Waals surface area contributed by atoms with Crippen LogP contribution in [-0.4, -0.2) is 36.5 Å². The van der Waals surface area contributed by atoms with Crippen LogP contribution < -0.4 is 5.32 Å². The van der Waals surface area contributed by atoms with Crippen molar-refractivity contribution in [2.24, 2.45) is 5.92 Å². The number of hydrogen-bond acceptors (Lipinski definition) is 3. The fraction of sp³-hybridized carbons (Fsp3) is 0.643. The van der Waals surface area contributed by atoms with Crippen molar-refractivity contribution in [3.63, 3.8) is 0 Å². The molecule has 3 rings (SSSR count). The third-order valence-electron chi connectivity index (χ3n) is 4.62. The van der Waals surface area contributed by atoms with Gasteiger partial charge in [0.15, 0.2) is 0 Å². The van der Waals surface area contributed by atoms with Gasteiger partial charge in [0.25, 0.3) is 5.91 Å². The number of piperidine rings is 1. The lowest BCUT2D eigenvalue weighted by Gasteiger charge is -2.36. The Hall–Kier alpha value is 0.0900. The second-order valence-corrected chi connectivity index (χ2v) is 9.05. The molecule has 2 fully saturated rings. The predicted octanol–water partition coefficient (Wildman–Crippen LogP) is 3.88. The topological polar surface area (TPSA) is 32.3 Å². The molecule has 2 bridgehead atoms. The smallest absolute Gasteiger partial charge is 0.261 e. The first-order chi connectivity index (χ1) is 9.54. The van der Waals surface area contributed by atoms with Gasteiger partial charge in [0, 0.05) is 23.1 Å². The number of rotatable bonds is 3. The number of carbonyl (C=O) groups excluding carboxylic acids is 1. The van der Waals surface area contributed by atoms with Crippen LogP contribution in [-0.2, 0) is 0 Å². The van der Waals surface area contributed by atoms with E-state index in [1.54, 1.807) is 0 Å². The van der Waals surface area contributed by atoms with Crippen LogP contribution in [0.1, 0.15) is 35.4 Å². The normalized spacial score (nSPS) is 29.6. The van der Waals surface area contributed by atoms with Gasteiger partial charge in [-0.1, -0.05) is 0 Å². The zero-order valence-electron chi connectivity index (χ0n) is 11.4. The zero-order valence-corrected chi connectivity index (χ0v) is 15.4. The molecule has 0 saturated carbocycles. The first-order valence-corrected chi connectivity index (χ1v) is 9.40. The lowest BCUT2D eigenvalue weighted by molar-refractivity contribution is 0.0921. The van der Waals surface area contributed by atoms with Gasteiger partial charge in [0.05, 0.1) is 8.66 Å². The van der Waals surface area contributed by atoms with E-state index in [1.807, 2.05) is 6.07 Å². The molecule has 2 aliphatic rings. The van der Waals surface area contributed by atoms with Gasteiger partial charge in [-0.05, 0) is 76.6 Å². The maximum atomic E-state index is 12.1. The van der Waals surface area contributed by atoms with Crippen molar-refractivity contribution >= 4 is 49.1 Å². The Bertz CT molecular complexity index is 486. The molecule has 110 valence electrons. The number of fused-ring (bicyclic) bond motifs is 2. The summed E-state index contributed by atoms with van der Waals surface area (Å²) in [5.74, 6) is 0.687. The van der Waals surface area contributed by atoms with Crippen molar-refractivity contribution in [3.05, 3.63) is 19.2 Å². The van der Waals surface area contributed by atoms with Gasteiger partial charge < -0.3 is 10.2 Å². The number of halogens is 2. The molecule has 1 aromatic rings. The standard InChI is InChI=1S/C14H18Br2N2OS/c1-18-9-2-3-10(18)5-8(4-9)7-17-14(19)12-6-11(15)13(16)20-12/h6,8-10H,2-5,7H2,1H3,(H,17,19). The summed E-state index contributed by atoms with van der Waals surface area (Å²) in [7, 11) is 2.25. The first kappa shape index (κ1) is 15.0. The molecular weight excluding hydrogens is 404 g/mol. The molecule has 1 amide bonds. The molecule has 1 aromatic heterocycles. The fourth-order valence-electron chi connectivity index (χ4n) is 3.47. The summed E-state index contributed by atoms with van der Waals surface area (Å²) in [5.41, 5.74) is 0. The number of thiophene rings is 1. The lowest BCUT2D eigenvalue weighted by Crippen LogP contribution is -2.43. The third kappa shape index (κ3) is 2.98. The lowest BCUT2D eigenvalue weighted by atomic mass is 9.91. The molecular formula is C14H18Br2N2OS. The van der Waals surface area contributed by atoms with Crippen LogP contribution in [0.15, 0.2) is 14.3 Å². The number of nitrogens with one attached hydrogen (secondary N) is 1. The van der Waals surface area contributed by atoms with E-state index in [-0.39, 0.29) is 5.91 Å². The average Bonchev–Trinajstić information content (AvgIpc) is 2.85. The molecule has 2 saturated heterocycles. The fourth-order valence-corrected chi connectivity index (χ4v) is 5.43. The highest BCUT2D eigenvalue weighted by atomic mass is 79.9. The molecule has 0 spiro atoms. The molecule has 0 radical (unpaired) electrons. The average molecular weight is 422 g/mol. The Kier molecular flexibility index (Phi) is 4.55. The molecule has 1 N–H and O–H groups in total. The molecule has 2 aliphatic heterocycles. The monoisotopic (exact) mass is 420 g/mol. The second-order valence-electron chi connectivity index (χ2n) is 5.83. The number of amides is 1. The van der Waals surface area contributed by atoms with Crippen LogP contribution in [0.4, 0.5) is 0 Å². The van der Waals surface area contributed by atoms with Crippen LogP contribution >= 0.6 is 43.2 Å². The number of hydrogen-bond donors (Lipinski definition) is 1. The molecule has 0 aliphatic carbocycles. The van der Waals surface area contributed by atoms with Crippen molar-refractivity contribution in [3.8, 4) is 0 Å². The Labute approximate surface area is 140 Å². The van der Waals surface area contributed by atoms with Crippen molar-refractivity contribution in [1.29, 1.82) is 0 Å². The van der Waals surface area contributed by atoms with Crippen molar-refractivity contribution in [1.82, 2.24) is 10.2 Å². The van der Waals surface area contributed by atoms with E-state index < -0.39 is 0 Å². The van der Waals surface area contributed by atoms with Crippen molar-refractivity contribution < 1.29 is 4.79 Å². The van der Waals surface area contributed by atoms with Gasteiger partial charge in [-0.2, -0.15) is 0 Å². The summed E-state index contributed by atoms with van der Waals surface area (Å²) in [4.78, 5) is 15.4. The molecule has 20 heavy (non-hydrogen) atoms. The van der Waals surface area contributed by atoms with Gasteiger partial charge in [-0.15, -0.1) is 11.3 Å². The van der Waals surface area contributed by atoms with Gasteiger partial charge in [0.1, 0.15) is 0 Å². The summed E-state index contributed by atoms with van der Waals surface area (Å²) < 4.78 is 1.92. The molecule has 0 aromatic carbocycles.